The van der Waals surface area contributed by atoms with Gasteiger partial charge in [0.1, 0.15) is 18.1 Å². The van der Waals surface area contributed by atoms with E-state index >= 15 is 0 Å². The Labute approximate surface area is 134 Å². The smallest absolute Gasteiger partial charge is 0.289 e. The molecule has 23 heavy (non-hydrogen) atoms. The second-order valence-electron chi connectivity index (χ2n) is 6.25. The number of hydrazine groups is 1. The van der Waals surface area contributed by atoms with Crippen molar-refractivity contribution in [2.24, 2.45) is 5.92 Å². The minimum atomic E-state index is -0.444. The molecule has 0 aromatic carbocycles. The lowest BCUT2D eigenvalue weighted by atomic mass is 10.0. The molecule has 8 nitrogen and oxygen atoms in total. The number of carbonyl (C=O) groups excluding carboxylic acids is 3. The number of fused-ring (bicyclic) bond motifs is 1. The molecule has 2 aliphatic rings. The van der Waals surface area contributed by atoms with Gasteiger partial charge >= 0.3 is 0 Å². The van der Waals surface area contributed by atoms with Crippen LogP contribution in [-0.4, -0.2) is 45.3 Å². The van der Waals surface area contributed by atoms with E-state index in [1.165, 1.54) is 4.90 Å². The van der Waals surface area contributed by atoms with E-state index < -0.39 is 11.8 Å². The fourth-order valence-corrected chi connectivity index (χ4v) is 2.97. The summed E-state index contributed by atoms with van der Waals surface area (Å²) in [5.41, 5.74) is 4.99. The fraction of sp³-hybridized carbons (Fsp3) is 0.600. The van der Waals surface area contributed by atoms with Crippen molar-refractivity contribution in [3.63, 3.8) is 0 Å². The molecule has 124 valence electrons. The predicted molar refractivity (Wildman–Crippen MR) is 81.1 cm³/mol. The molecule has 0 radical (unpaired) electrons. The highest BCUT2D eigenvalue weighted by molar-refractivity contribution is 5.94. The van der Waals surface area contributed by atoms with Crippen molar-refractivity contribution >= 4 is 17.7 Å². The second-order valence-corrected chi connectivity index (χ2v) is 6.25. The molecule has 0 aliphatic carbocycles. The van der Waals surface area contributed by atoms with E-state index in [2.05, 4.69) is 22.8 Å². The van der Waals surface area contributed by atoms with Crippen molar-refractivity contribution in [3.8, 4) is 0 Å². The van der Waals surface area contributed by atoms with E-state index in [9.17, 15) is 14.4 Å². The average molecular weight is 319 g/mol. The number of aromatic nitrogens is 2. The van der Waals surface area contributed by atoms with Crippen molar-refractivity contribution in [3.05, 3.63) is 17.7 Å². The topological polar surface area (TPSA) is 96.3 Å². The Bertz CT molecular complexity index is 639. The molecule has 2 aliphatic heterocycles. The molecule has 8 heteroatoms. The van der Waals surface area contributed by atoms with E-state index in [4.69, 9.17) is 0 Å². The van der Waals surface area contributed by atoms with Crippen molar-refractivity contribution in [2.75, 3.05) is 13.1 Å². The standard InChI is InChI=1S/C15H21N5O3/c1-10-4-6-19-8-11(16-12(19)7-10)15(23)18-17-13(21)9-20-5-2-3-14(20)22/h8,10H,2-7,9H2,1H3,(H,17,21)(H,18,23). The molecular weight excluding hydrogens is 298 g/mol. The van der Waals surface area contributed by atoms with Crippen LogP contribution in [0.4, 0.5) is 0 Å². The molecule has 1 saturated heterocycles. The Morgan fingerprint density at radius 2 is 2.17 bits per heavy atom. The molecule has 3 heterocycles. The maximum absolute atomic E-state index is 12.1. The normalized spacial score (nSPS) is 20.3. The molecule has 0 bridgehead atoms. The largest absolute Gasteiger partial charge is 0.334 e. The van der Waals surface area contributed by atoms with Crippen LogP contribution in [0.2, 0.25) is 0 Å². The third-order valence-corrected chi connectivity index (χ3v) is 4.31. The summed E-state index contributed by atoms with van der Waals surface area (Å²) in [4.78, 5) is 41.1. The molecule has 1 fully saturated rings. The van der Waals surface area contributed by atoms with Crippen LogP contribution >= 0.6 is 0 Å². The summed E-state index contributed by atoms with van der Waals surface area (Å²) in [6, 6.07) is 0. The van der Waals surface area contributed by atoms with Crippen molar-refractivity contribution in [2.45, 2.75) is 39.2 Å². The number of amides is 3. The maximum atomic E-state index is 12.1. The van der Waals surface area contributed by atoms with Crippen LogP contribution < -0.4 is 10.9 Å². The van der Waals surface area contributed by atoms with Crippen molar-refractivity contribution < 1.29 is 14.4 Å². The molecular formula is C15H21N5O3. The summed E-state index contributed by atoms with van der Waals surface area (Å²) < 4.78 is 1.99. The number of aryl methyl sites for hydroxylation is 1. The number of imidazole rings is 1. The molecule has 0 saturated carbocycles. The van der Waals surface area contributed by atoms with Gasteiger partial charge in [0.15, 0.2) is 0 Å². The van der Waals surface area contributed by atoms with Crippen LogP contribution in [0, 0.1) is 5.92 Å². The number of likely N-dealkylation sites (tertiary alicyclic amines) is 1. The van der Waals surface area contributed by atoms with Crippen LogP contribution in [0.1, 0.15) is 42.5 Å². The molecule has 1 atom stereocenters. The van der Waals surface area contributed by atoms with Gasteiger partial charge < -0.3 is 9.47 Å². The van der Waals surface area contributed by atoms with Crippen LogP contribution in [0.5, 0.6) is 0 Å². The predicted octanol–water partition coefficient (Wildman–Crippen LogP) is -0.151. The summed E-state index contributed by atoms with van der Waals surface area (Å²) in [6.07, 6.45) is 4.91. The Kier molecular flexibility index (Phi) is 4.31. The summed E-state index contributed by atoms with van der Waals surface area (Å²) in [5.74, 6) is 0.593. The van der Waals surface area contributed by atoms with E-state index in [0.29, 0.717) is 24.6 Å². The van der Waals surface area contributed by atoms with Gasteiger partial charge in [-0.1, -0.05) is 6.92 Å². The van der Waals surface area contributed by atoms with Crippen molar-refractivity contribution in [1.82, 2.24) is 25.3 Å². The lowest BCUT2D eigenvalue weighted by molar-refractivity contribution is -0.133. The van der Waals surface area contributed by atoms with Crippen LogP contribution in [0.3, 0.4) is 0 Å². The Balaban J connectivity index is 1.51. The monoisotopic (exact) mass is 319 g/mol. The van der Waals surface area contributed by atoms with Gasteiger partial charge in [-0.05, 0) is 18.8 Å². The van der Waals surface area contributed by atoms with Gasteiger partial charge in [-0.2, -0.15) is 0 Å². The Morgan fingerprint density at radius 3 is 2.91 bits per heavy atom. The lowest BCUT2D eigenvalue weighted by Gasteiger charge is -2.18. The van der Waals surface area contributed by atoms with Crippen LogP contribution in [-0.2, 0) is 22.6 Å². The summed E-state index contributed by atoms with van der Waals surface area (Å²) >= 11 is 0. The third-order valence-electron chi connectivity index (χ3n) is 4.31. The zero-order chi connectivity index (χ0) is 16.4. The van der Waals surface area contributed by atoms with Gasteiger partial charge in [0, 0.05) is 32.1 Å². The number of nitrogens with zero attached hydrogens (tertiary/aromatic N) is 3. The number of rotatable bonds is 3. The zero-order valence-corrected chi connectivity index (χ0v) is 13.2. The van der Waals surface area contributed by atoms with Gasteiger partial charge in [-0.15, -0.1) is 0 Å². The SMILES string of the molecule is CC1CCn2cc(C(=O)NNC(=O)CN3CCCC3=O)nc2C1. The minimum absolute atomic E-state index is 0.0256. The first-order valence-corrected chi connectivity index (χ1v) is 7.96. The average Bonchev–Trinajstić information content (AvgIpc) is 3.11. The van der Waals surface area contributed by atoms with Crippen LogP contribution in [0.25, 0.3) is 0 Å². The second kappa shape index (κ2) is 6.39. The van der Waals surface area contributed by atoms with Gasteiger partial charge in [0.25, 0.3) is 11.8 Å². The number of hydrogen-bond acceptors (Lipinski definition) is 4. The van der Waals surface area contributed by atoms with Gasteiger partial charge in [0.05, 0.1) is 0 Å². The van der Waals surface area contributed by atoms with Crippen LogP contribution in [0.15, 0.2) is 6.20 Å². The van der Waals surface area contributed by atoms with Gasteiger partial charge in [-0.3, -0.25) is 25.2 Å². The van der Waals surface area contributed by atoms with E-state index in [-0.39, 0.29) is 12.5 Å². The highest BCUT2D eigenvalue weighted by Gasteiger charge is 2.23. The lowest BCUT2D eigenvalue weighted by Crippen LogP contribution is -2.46. The first-order valence-electron chi connectivity index (χ1n) is 7.96. The quantitative estimate of drug-likeness (QED) is 0.757. The summed E-state index contributed by atoms with van der Waals surface area (Å²) in [6.45, 7) is 3.58. The first kappa shape index (κ1) is 15.5. The first-order chi connectivity index (χ1) is 11.0. The molecule has 3 amide bonds. The fourth-order valence-electron chi connectivity index (χ4n) is 2.97. The Morgan fingerprint density at radius 1 is 1.35 bits per heavy atom. The highest BCUT2D eigenvalue weighted by atomic mass is 16.2. The molecule has 3 rings (SSSR count). The van der Waals surface area contributed by atoms with E-state index in [1.807, 2.05) is 4.57 Å². The zero-order valence-electron chi connectivity index (χ0n) is 13.2. The molecule has 0 spiro atoms. The van der Waals surface area contributed by atoms with E-state index in [1.54, 1.807) is 6.20 Å². The van der Waals surface area contributed by atoms with Gasteiger partial charge in [-0.25, -0.2) is 4.98 Å². The summed E-state index contributed by atoms with van der Waals surface area (Å²) in [5, 5.41) is 0. The number of carbonyl (C=O) groups is 3. The molecule has 1 aromatic heterocycles. The Hall–Kier alpha value is -2.38. The highest BCUT2D eigenvalue weighted by Crippen LogP contribution is 2.19. The molecule has 1 aromatic rings. The molecule has 1 unspecified atom stereocenters. The third kappa shape index (κ3) is 3.52. The summed E-state index contributed by atoms with van der Waals surface area (Å²) in [7, 11) is 0. The number of nitrogens with one attached hydrogen (secondary N) is 2. The van der Waals surface area contributed by atoms with Crippen molar-refractivity contribution in [1.29, 1.82) is 0 Å². The van der Waals surface area contributed by atoms with E-state index in [0.717, 1.165) is 31.6 Å². The maximum Gasteiger partial charge on any atom is 0.289 e. The molecule has 2 N–H and O–H groups in total. The van der Waals surface area contributed by atoms with Gasteiger partial charge in [0.2, 0.25) is 5.91 Å². The minimum Gasteiger partial charge on any atom is -0.334 e. The number of hydrogen-bond donors (Lipinski definition) is 2.